The van der Waals surface area contributed by atoms with Gasteiger partial charge in [-0.15, -0.1) is 0 Å². The van der Waals surface area contributed by atoms with Crippen LogP contribution in [0, 0.1) is 0 Å². The van der Waals surface area contributed by atoms with Crippen LogP contribution >= 0.6 is 15.9 Å². The van der Waals surface area contributed by atoms with Crippen molar-refractivity contribution in [3.63, 3.8) is 0 Å². The molecule has 0 aliphatic carbocycles. The molecule has 1 heterocycles. The lowest BCUT2D eigenvalue weighted by Crippen LogP contribution is -2.13. The van der Waals surface area contributed by atoms with Crippen LogP contribution in [0.2, 0.25) is 0 Å². The highest BCUT2D eigenvalue weighted by atomic mass is 79.9. The Labute approximate surface area is 159 Å². The molecular weight excluding hydrogens is 396 g/mol. The second kappa shape index (κ2) is 8.96. The lowest BCUT2D eigenvalue weighted by Gasteiger charge is -2.09. The number of ether oxygens (including phenoxy) is 1. The molecule has 0 saturated heterocycles. The molecule has 132 valence electrons. The smallest absolute Gasteiger partial charge is 0.137 e. The average molecular weight is 413 g/mol. The van der Waals surface area contributed by atoms with E-state index < -0.39 is 0 Å². The van der Waals surface area contributed by atoms with Crippen LogP contribution < -0.4 is 4.74 Å². The Morgan fingerprint density at radius 2 is 1.81 bits per heavy atom. The molecule has 6 nitrogen and oxygen atoms in total. The second-order valence-electron chi connectivity index (χ2n) is 5.30. The Bertz CT molecular complexity index is 860. The van der Waals surface area contributed by atoms with Gasteiger partial charge in [0, 0.05) is 10.0 Å². The molecule has 7 heteroatoms. The second-order valence-corrected chi connectivity index (χ2v) is 6.21. The van der Waals surface area contributed by atoms with Gasteiger partial charge in [-0.3, -0.25) is 0 Å². The summed E-state index contributed by atoms with van der Waals surface area (Å²) in [6.07, 6.45) is 4.76. The zero-order valence-electron chi connectivity index (χ0n) is 14.0. The van der Waals surface area contributed by atoms with E-state index in [0.29, 0.717) is 13.2 Å². The van der Waals surface area contributed by atoms with Crippen molar-refractivity contribution in [2.45, 2.75) is 6.54 Å². The quantitative estimate of drug-likeness (QED) is 0.237. The van der Waals surface area contributed by atoms with Crippen molar-refractivity contribution in [2.75, 3.05) is 6.61 Å². The number of aromatic nitrogens is 3. The van der Waals surface area contributed by atoms with Crippen LogP contribution in [0.4, 0.5) is 0 Å². The molecule has 0 spiro atoms. The fraction of sp³-hybridized carbons (Fsp3) is 0.105. The molecule has 0 bridgehead atoms. The highest BCUT2D eigenvalue weighted by molar-refractivity contribution is 9.10. The molecule has 0 aliphatic heterocycles. The van der Waals surface area contributed by atoms with Crippen molar-refractivity contribution in [1.29, 1.82) is 0 Å². The number of hydrogen-bond donors (Lipinski definition) is 0. The van der Waals surface area contributed by atoms with E-state index in [9.17, 15) is 0 Å². The minimum Gasteiger partial charge on any atom is -0.457 e. The summed E-state index contributed by atoms with van der Waals surface area (Å²) in [5.41, 5.74) is 1.64. The number of oxime groups is 1. The summed E-state index contributed by atoms with van der Waals surface area (Å²) >= 11 is 3.41. The SMILES string of the molecule is C=CCON=C(Cn1cncn1)c1ccc(Oc2ccc(Br)cc2)cc1. The standard InChI is InChI=1S/C19H17BrN4O2/c1-2-11-25-23-19(12-24-14-21-13-22-24)15-3-7-17(8-4-15)26-18-9-5-16(20)6-10-18/h2-10,13-14H,1,11-12H2. The Balaban J connectivity index is 1.75. The molecule has 0 aliphatic rings. The highest BCUT2D eigenvalue weighted by Gasteiger charge is 2.08. The van der Waals surface area contributed by atoms with Gasteiger partial charge in [-0.1, -0.05) is 33.7 Å². The molecule has 2 aromatic carbocycles. The van der Waals surface area contributed by atoms with Crippen molar-refractivity contribution < 1.29 is 9.57 Å². The molecular formula is C19H17BrN4O2. The molecule has 0 radical (unpaired) electrons. The number of hydrogen-bond acceptors (Lipinski definition) is 5. The fourth-order valence-corrected chi connectivity index (χ4v) is 2.43. The monoisotopic (exact) mass is 412 g/mol. The van der Waals surface area contributed by atoms with E-state index in [1.54, 1.807) is 17.1 Å². The van der Waals surface area contributed by atoms with E-state index in [1.165, 1.54) is 6.33 Å². The Hall–Kier alpha value is -2.93. The third-order valence-electron chi connectivity index (χ3n) is 3.38. The number of rotatable bonds is 8. The summed E-state index contributed by atoms with van der Waals surface area (Å²) in [7, 11) is 0. The zero-order valence-corrected chi connectivity index (χ0v) is 15.5. The maximum absolute atomic E-state index is 5.84. The first-order chi connectivity index (χ1) is 12.7. The van der Waals surface area contributed by atoms with E-state index in [-0.39, 0.29) is 0 Å². The van der Waals surface area contributed by atoms with Crippen LogP contribution in [0.1, 0.15) is 5.56 Å². The van der Waals surface area contributed by atoms with Crippen molar-refractivity contribution in [1.82, 2.24) is 14.8 Å². The molecule has 0 unspecified atom stereocenters. The summed E-state index contributed by atoms with van der Waals surface area (Å²) in [5, 5.41) is 8.30. The van der Waals surface area contributed by atoms with Crippen LogP contribution in [-0.4, -0.2) is 27.1 Å². The zero-order chi connectivity index (χ0) is 18.2. The minimum atomic E-state index is 0.339. The first-order valence-corrected chi connectivity index (χ1v) is 8.70. The molecule has 0 fully saturated rings. The third-order valence-corrected chi connectivity index (χ3v) is 3.91. The normalized spacial score (nSPS) is 11.2. The Kier molecular flexibility index (Phi) is 6.16. The van der Waals surface area contributed by atoms with E-state index in [2.05, 4.69) is 37.7 Å². The van der Waals surface area contributed by atoms with E-state index in [4.69, 9.17) is 9.57 Å². The molecule has 3 aromatic rings. The summed E-state index contributed by atoms with van der Waals surface area (Å²) in [6.45, 7) is 4.41. The summed E-state index contributed by atoms with van der Waals surface area (Å²) < 4.78 is 8.53. The summed E-state index contributed by atoms with van der Waals surface area (Å²) in [4.78, 5) is 9.21. The van der Waals surface area contributed by atoms with Crippen molar-refractivity contribution >= 4 is 21.6 Å². The number of nitrogens with zero attached hydrogens (tertiary/aromatic N) is 4. The molecule has 0 saturated carbocycles. The maximum Gasteiger partial charge on any atom is 0.137 e. The molecule has 0 N–H and O–H groups in total. The van der Waals surface area contributed by atoms with E-state index in [0.717, 1.165) is 27.2 Å². The van der Waals surface area contributed by atoms with Crippen molar-refractivity contribution in [3.8, 4) is 11.5 Å². The fourth-order valence-electron chi connectivity index (χ4n) is 2.16. The Morgan fingerprint density at radius 3 is 2.42 bits per heavy atom. The van der Waals surface area contributed by atoms with E-state index in [1.807, 2.05) is 48.5 Å². The first-order valence-electron chi connectivity index (χ1n) is 7.90. The minimum absolute atomic E-state index is 0.339. The molecule has 0 atom stereocenters. The van der Waals surface area contributed by atoms with Gasteiger partial charge in [0.2, 0.25) is 0 Å². The first kappa shape index (κ1) is 17.9. The lowest BCUT2D eigenvalue weighted by molar-refractivity contribution is 0.174. The number of benzene rings is 2. The largest absolute Gasteiger partial charge is 0.457 e. The summed E-state index contributed by atoms with van der Waals surface area (Å²) in [6, 6.07) is 15.3. The van der Waals surface area contributed by atoms with Gasteiger partial charge < -0.3 is 9.57 Å². The Morgan fingerprint density at radius 1 is 1.12 bits per heavy atom. The van der Waals surface area contributed by atoms with E-state index >= 15 is 0 Å². The van der Waals surface area contributed by atoms with Crippen LogP contribution in [0.15, 0.2) is 83.5 Å². The van der Waals surface area contributed by atoms with Crippen LogP contribution in [0.25, 0.3) is 0 Å². The molecule has 0 amide bonds. The average Bonchev–Trinajstić information content (AvgIpc) is 3.17. The lowest BCUT2D eigenvalue weighted by atomic mass is 10.1. The van der Waals surface area contributed by atoms with Gasteiger partial charge in [0.25, 0.3) is 0 Å². The van der Waals surface area contributed by atoms with Gasteiger partial charge >= 0.3 is 0 Å². The van der Waals surface area contributed by atoms with Gasteiger partial charge in [0.15, 0.2) is 0 Å². The van der Waals surface area contributed by atoms with Crippen LogP contribution in [-0.2, 0) is 11.4 Å². The van der Waals surface area contributed by atoms with Crippen molar-refractivity contribution in [2.24, 2.45) is 5.16 Å². The van der Waals surface area contributed by atoms with Gasteiger partial charge in [0.1, 0.15) is 36.5 Å². The van der Waals surface area contributed by atoms with Gasteiger partial charge in [-0.05, 0) is 48.5 Å². The molecule has 1 aromatic heterocycles. The maximum atomic E-state index is 5.84. The van der Waals surface area contributed by atoms with Crippen molar-refractivity contribution in [3.05, 3.63) is 83.9 Å². The van der Waals surface area contributed by atoms with Gasteiger partial charge in [-0.2, -0.15) is 5.10 Å². The topological polar surface area (TPSA) is 61.5 Å². The van der Waals surface area contributed by atoms with Gasteiger partial charge in [0.05, 0.1) is 6.54 Å². The predicted molar refractivity (Wildman–Crippen MR) is 103 cm³/mol. The third kappa shape index (κ3) is 5.03. The highest BCUT2D eigenvalue weighted by Crippen LogP contribution is 2.23. The molecule has 26 heavy (non-hydrogen) atoms. The van der Waals surface area contributed by atoms with Gasteiger partial charge in [-0.25, -0.2) is 9.67 Å². The van der Waals surface area contributed by atoms with Crippen LogP contribution in [0.3, 0.4) is 0 Å². The predicted octanol–water partition coefficient (Wildman–Crippen LogP) is 4.44. The summed E-state index contributed by atoms with van der Waals surface area (Å²) in [5.74, 6) is 1.51. The van der Waals surface area contributed by atoms with Crippen LogP contribution in [0.5, 0.6) is 11.5 Å². The molecule has 3 rings (SSSR count). The number of halogens is 1.